The Morgan fingerprint density at radius 1 is 1.00 bits per heavy atom. The van der Waals surface area contributed by atoms with Crippen molar-refractivity contribution in [2.45, 2.75) is 26.6 Å². The maximum atomic E-state index is 13.5. The fourth-order valence-electron chi connectivity index (χ4n) is 3.04. The summed E-state index contributed by atoms with van der Waals surface area (Å²) in [5.41, 5.74) is 0.221. The van der Waals surface area contributed by atoms with Gasteiger partial charge in [0, 0.05) is 12.2 Å². The van der Waals surface area contributed by atoms with E-state index in [0.29, 0.717) is 5.56 Å². The Labute approximate surface area is 160 Å². The number of alkyl halides is 3. The van der Waals surface area contributed by atoms with Gasteiger partial charge in [-0.25, -0.2) is 4.85 Å². The third kappa shape index (κ3) is 3.84. The van der Waals surface area contributed by atoms with Gasteiger partial charge >= 0.3 is 6.18 Å². The van der Waals surface area contributed by atoms with Crippen LogP contribution in [0.15, 0.2) is 59.4 Å². The van der Waals surface area contributed by atoms with Gasteiger partial charge < -0.3 is 4.57 Å². The van der Waals surface area contributed by atoms with Crippen molar-refractivity contribution >= 4 is 5.69 Å². The number of pyridine rings is 1. The van der Waals surface area contributed by atoms with E-state index < -0.39 is 23.0 Å². The van der Waals surface area contributed by atoms with E-state index in [1.54, 1.807) is 18.2 Å². The van der Waals surface area contributed by atoms with Gasteiger partial charge in [-0.3, -0.25) is 4.79 Å². The highest BCUT2D eigenvalue weighted by Gasteiger charge is 2.36. The fourth-order valence-corrected chi connectivity index (χ4v) is 3.04. The quantitative estimate of drug-likeness (QED) is 0.530. The largest absolute Gasteiger partial charge is 0.407 e. The molecule has 0 amide bonds. The van der Waals surface area contributed by atoms with Crippen LogP contribution in [0, 0.1) is 20.4 Å². The van der Waals surface area contributed by atoms with Crippen molar-refractivity contribution in [2.24, 2.45) is 0 Å². The Bertz CT molecular complexity index is 1120. The van der Waals surface area contributed by atoms with Crippen molar-refractivity contribution in [3.63, 3.8) is 0 Å². The topological polar surface area (TPSA) is 26.4 Å². The lowest BCUT2D eigenvalue weighted by Crippen LogP contribution is -2.25. The van der Waals surface area contributed by atoms with E-state index >= 15 is 0 Å². The molecule has 142 valence electrons. The van der Waals surface area contributed by atoms with Gasteiger partial charge in [0.15, 0.2) is 0 Å². The second-order valence-electron chi connectivity index (χ2n) is 6.65. The van der Waals surface area contributed by atoms with Gasteiger partial charge in [-0.1, -0.05) is 53.6 Å². The van der Waals surface area contributed by atoms with E-state index in [-0.39, 0.29) is 12.2 Å². The first-order valence-corrected chi connectivity index (χ1v) is 8.56. The van der Waals surface area contributed by atoms with Gasteiger partial charge in [0.1, 0.15) is 0 Å². The van der Waals surface area contributed by atoms with Crippen LogP contribution in [0.1, 0.15) is 22.3 Å². The molecule has 0 bridgehead atoms. The summed E-state index contributed by atoms with van der Waals surface area (Å²) in [7, 11) is 0. The lowest BCUT2D eigenvalue weighted by Gasteiger charge is -2.18. The zero-order valence-electron chi connectivity index (χ0n) is 15.3. The molecule has 3 aromatic rings. The zero-order chi connectivity index (χ0) is 20.5. The molecule has 0 radical (unpaired) electrons. The minimum Gasteiger partial charge on any atom is -0.313 e. The second-order valence-corrected chi connectivity index (χ2v) is 6.65. The average molecular weight is 382 g/mol. The van der Waals surface area contributed by atoms with Gasteiger partial charge in [0.05, 0.1) is 12.1 Å². The molecule has 0 spiro atoms. The molecule has 0 atom stereocenters. The number of halogens is 3. The van der Waals surface area contributed by atoms with E-state index in [4.69, 9.17) is 6.57 Å². The Morgan fingerprint density at radius 2 is 1.68 bits per heavy atom. The average Bonchev–Trinajstić information content (AvgIpc) is 2.63. The molecular weight excluding hydrogens is 365 g/mol. The smallest absolute Gasteiger partial charge is 0.313 e. The standard InChI is InChI=1S/C22H17F3N2O/c1-14-7-9-16(10-8-14)13-27-19(17-6-4-5-15(2)11-17)12-18(22(23,24)25)20(26-3)21(27)28/h4-12H,13H2,1-2H3. The summed E-state index contributed by atoms with van der Waals surface area (Å²) in [6.45, 7) is 10.9. The highest BCUT2D eigenvalue weighted by atomic mass is 19.4. The first-order valence-electron chi connectivity index (χ1n) is 8.56. The first kappa shape index (κ1) is 19.4. The predicted molar refractivity (Wildman–Crippen MR) is 102 cm³/mol. The van der Waals surface area contributed by atoms with Crippen molar-refractivity contribution < 1.29 is 13.2 Å². The van der Waals surface area contributed by atoms with Crippen LogP contribution >= 0.6 is 0 Å². The van der Waals surface area contributed by atoms with E-state index in [1.165, 1.54) is 4.57 Å². The number of rotatable bonds is 3. The summed E-state index contributed by atoms with van der Waals surface area (Å²) < 4.78 is 41.7. The number of hydrogen-bond acceptors (Lipinski definition) is 1. The lowest BCUT2D eigenvalue weighted by atomic mass is 10.0. The van der Waals surface area contributed by atoms with Gasteiger partial charge in [-0.05, 0) is 37.1 Å². The fraction of sp³-hybridized carbons (Fsp3) is 0.182. The molecular formula is C22H17F3N2O. The highest BCUT2D eigenvalue weighted by molar-refractivity contribution is 5.66. The van der Waals surface area contributed by atoms with Crippen LogP contribution < -0.4 is 5.56 Å². The van der Waals surface area contributed by atoms with Crippen LogP contribution in [-0.2, 0) is 12.7 Å². The zero-order valence-corrected chi connectivity index (χ0v) is 15.3. The minimum absolute atomic E-state index is 0.0725. The molecule has 0 fully saturated rings. The summed E-state index contributed by atoms with van der Waals surface area (Å²) in [5, 5.41) is 0. The summed E-state index contributed by atoms with van der Waals surface area (Å²) in [6, 6.07) is 15.2. The highest BCUT2D eigenvalue weighted by Crippen LogP contribution is 2.37. The second kappa shape index (κ2) is 7.35. The number of aryl methyl sites for hydroxylation is 2. The molecule has 2 aromatic carbocycles. The van der Waals surface area contributed by atoms with E-state index in [1.807, 2.05) is 44.2 Å². The molecule has 1 heterocycles. The molecule has 28 heavy (non-hydrogen) atoms. The number of hydrogen-bond donors (Lipinski definition) is 0. The van der Waals surface area contributed by atoms with Gasteiger partial charge in [-0.15, -0.1) is 0 Å². The summed E-state index contributed by atoms with van der Waals surface area (Å²) in [4.78, 5) is 15.8. The normalized spacial score (nSPS) is 11.3. The predicted octanol–water partition coefficient (Wildman–Crippen LogP) is 5.75. The molecule has 1 aromatic heterocycles. The molecule has 0 aliphatic heterocycles. The van der Waals surface area contributed by atoms with Crippen molar-refractivity contribution in [1.29, 1.82) is 0 Å². The molecule has 3 nitrogen and oxygen atoms in total. The SMILES string of the molecule is [C-]#[N+]c1c(C(F)(F)F)cc(-c2cccc(C)c2)n(Cc2ccc(C)cc2)c1=O. The van der Waals surface area contributed by atoms with Crippen LogP contribution in [0.2, 0.25) is 0 Å². The number of nitrogens with zero attached hydrogens (tertiary/aromatic N) is 2. The molecule has 6 heteroatoms. The van der Waals surface area contributed by atoms with Crippen LogP contribution in [0.25, 0.3) is 16.1 Å². The maximum Gasteiger partial charge on any atom is 0.407 e. The third-order valence-electron chi connectivity index (χ3n) is 4.47. The molecule has 3 rings (SSSR count). The van der Waals surface area contributed by atoms with E-state index in [9.17, 15) is 18.0 Å². The summed E-state index contributed by atoms with van der Waals surface area (Å²) >= 11 is 0. The molecule has 0 saturated carbocycles. The van der Waals surface area contributed by atoms with Crippen LogP contribution in [0.3, 0.4) is 0 Å². The van der Waals surface area contributed by atoms with Gasteiger partial charge in [-0.2, -0.15) is 13.2 Å². The third-order valence-corrected chi connectivity index (χ3v) is 4.47. The van der Waals surface area contributed by atoms with Crippen molar-refractivity contribution in [2.75, 3.05) is 0 Å². The molecule has 0 aliphatic rings. The van der Waals surface area contributed by atoms with Crippen LogP contribution in [-0.4, -0.2) is 4.57 Å². The van der Waals surface area contributed by atoms with E-state index in [2.05, 4.69) is 4.85 Å². The van der Waals surface area contributed by atoms with Crippen molar-refractivity contribution in [3.8, 4) is 11.3 Å². The van der Waals surface area contributed by atoms with Crippen molar-refractivity contribution in [1.82, 2.24) is 4.57 Å². The van der Waals surface area contributed by atoms with E-state index in [0.717, 1.165) is 22.8 Å². The summed E-state index contributed by atoms with van der Waals surface area (Å²) in [5.74, 6) is 0. The lowest BCUT2D eigenvalue weighted by molar-refractivity contribution is -0.136. The number of benzene rings is 2. The van der Waals surface area contributed by atoms with Gasteiger partial charge in [0.25, 0.3) is 11.2 Å². The molecule has 0 unspecified atom stereocenters. The van der Waals surface area contributed by atoms with Gasteiger partial charge in [0.2, 0.25) is 0 Å². The Kier molecular flexibility index (Phi) is 5.10. The minimum atomic E-state index is -4.79. The monoisotopic (exact) mass is 382 g/mol. The number of aromatic nitrogens is 1. The van der Waals surface area contributed by atoms with Crippen LogP contribution in [0.4, 0.5) is 18.9 Å². The Balaban J connectivity index is 2.31. The maximum absolute atomic E-state index is 13.5. The van der Waals surface area contributed by atoms with Crippen molar-refractivity contribution in [3.05, 3.63) is 98.6 Å². The molecule has 0 aliphatic carbocycles. The Morgan fingerprint density at radius 3 is 2.25 bits per heavy atom. The summed E-state index contributed by atoms with van der Waals surface area (Å²) in [6.07, 6.45) is -4.79. The Hall–Kier alpha value is -3.33. The molecule has 0 saturated heterocycles. The van der Waals surface area contributed by atoms with Crippen LogP contribution in [0.5, 0.6) is 0 Å². The molecule has 0 N–H and O–H groups in total. The first-order chi connectivity index (χ1) is 13.2.